The van der Waals surface area contributed by atoms with Crippen LogP contribution in [0, 0.1) is 6.92 Å². The van der Waals surface area contributed by atoms with Crippen LogP contribution < -0.4 is 5.32 Å². The molecule has 0 bridgehead atoms. The summed E-state index contributed by atoms with van der Waals surface area (Å²) in [6.07, 6.45) is 1.78. The molecule has 0 aliphatic carbocycles. The van der Waals surface area contributed by atoms with E-state index in [9.17, 15) is 21.6 Å². The van der Waals surface area contributed by atoms with Crippen molar-refractivity contribution in [3.05, 3.63) is 59.9 Å². The molecular weight excluding hydrogens is 551 g/mol. The minimum Gasteiger partial charge on any atom is -0.379 e. The van der Waals surface area contributed by atoms with Crippen molar-refractivity contribution >= 4 is 15.7 Å². The Morgan fingerprint density at radius 1 is 1.07 bits per heavy atom. The number of aromatic nitrogens is 5. The monoisotopic (exact) mass is 577 g/mol. The van der Waals surface area contributed by atoms with Gasteiger partial charge < -0.3 is 14.6 Å². The molecule has 4 heterocycles. The van der Waals surface area contributed by atoms with E-state index in [1.807, 2.05) is 19.1 Å². The summed E-state index contributed by atoms with van der Waals surface area (Å²) in [5, 5.41) is 11.7. The van der Waals surface area contributed by atoms with Crippen molar-refractivity contribution < 1.29 is 30.8 Å². The van der Waals surface area contributed by atoms with Gasteiger partial charge >= 0.3 is 5.51 Å². The smallest absolute Gasteiger partial charge is 0.379 e. The van der Waals surface area contributed by atoms with E-state index in [4.69, 9.17) is 9.26 Å². The summed E-state index contributed by atoms with van der Waals surface area (Å²) in [7, 11) is -5.44. The van der Waals surface area contributed by atoms with Crippen molar-refractivity contribution in [2.75, 3.05) is 44.7 Å². The molecular formula is C25H26F3N7O4S. The van der Waals surface area contributed by atoms with Gasteiger partial charge in [-0.15, -0.1) is 0 Å². The fraction of sp³-hybridized carbons (Fsp3) is 0.360. The van der Waals surface area contributed by atoms with E-state index >= 15 is 0 Å². The largest absolute Gasteiger partial charge is 0.501 e. The lowest BCUT2D eigenvalue weighted by Gasteiger charge is -2.26. The molecule has 1 aromatic carbocycles. The average Bonchev–Trinajstić information content (AvgIpc) is 3.57. The topological polar surface area (TPSA) is 128 Å². The molecule has 4 aromatic rings. The quantitative estimate of drug-likeness (QED) is 0.316. The molecule has 5 rings (SSSR count). The number of rotatable bonds is 9. The zero-order chi connectivity index (χ0) is 28.3. The number of nitrogens with one attached hydrogen (secondary N) is 1. The number of morpholine rings is 1. The zero-order valence-electron chi connectivity index (χ0n) is 21.4. The van der Waals surface area contributed by atoms with Crippen molar-refractivity contribution in [1.29, 1.82) is 0 Å². The molecule has 1 aliphatic heterocycles. The third kappa shape index (κ3) is 6.16. The molecule has 40 heavy (non-hydrogen) atoms. The molecule has 212 valence electrons. The lowest BCUT2D eigenvalue weighted by atomic mass is 10.2. The van der Waals surface area contributed by atoms with Crippen LogP contribution in [0.25, 0.3) is 23.0 Å². The molecule has 0 atom stereocenters. The minimum absolute atomic E-state index is 0.0825. The van der Waals surface area contributed by atoms with Crippen LogP contribution in [-0.4, -0.2) is 83.1 Å². The van der Waals surface area contributed by atoms with Crippen LogP contribution in [-0.2, 0) is 21.1 Å². The number of alkyl halides is 3. The Balaban J connectivity index is 1.21. The highest BCUT2D eigenvalue weighted by Gasteiger charge is 2.46. The summed E-state index contributed by atoms with van der Waals surface area (Å²) >= 11 is 0. The normalized spacial score (nSPS) is 14.9. The SMILES string of the molecule is Cc1cc(-c2nc(-c3ccc(S(=O)(=O)C(F)(F)F)cc3)no2)nn1Cc1ccc(NCCN2CCOCC2)nc1. The highest BCUT2D eigenvalue weighted by Crippen LogP contribution is 2.31. The Kier molecular flexibility index (Phi) is 7.87. The molecule has 0 unspecified atom stereocenters. The predicted octanol–water partition coefficient (Wildman–Crippen LogP) is 3.39. The number of anilines is 1. The number of aryl methyl sites for hydroxylation is 1. The van der Waals surface area contributed by atoms with Crippen LogP contribution >= 0.6 is 0 Å². The highest BCUT2D eigenvalue weighted by molar-refractivity contribution is 7.92. The van der Waals surface area contributed by atoms with Crippen molar-refractivity contribution in [3.63, 3.8) is 0 Å². The molecule has 0 amide bonds. The van der Waals surface area contributed by atoms with Crippen LogP contribution in [0.1, 0.15) is 11.3 Å². The maximum absolute atomic E-state index is 12.8. The lowest BCUT2D eigenvalue weighted by molar-refractivity contribution is -0.0436. The molecule has 1 fully saturated rings. The summed E-state index contributed by atoms with van der Waals surface area (Å²) in [5.74, 6) is 0.984. The number of pyridine rings is 1. The lowest BCUT2D eigenvalue weighted by Crippen LogP contribution is -2.39. The van der Waals surface area contributed by atoms with E-state index in [1.165, 1.54) is 12.1 Å². The van der Waals surface area contributed by atoms with Gasteiger partial charge in [0.2, 0.25) is 5.82 Å². The Bertz CT molecular complexity index is 1550. The predicted molar refractivity (Wildman–Crippen MR) is 138 cm³/mol. The first-order chi connectivity index (χ1) is 19.1. The third-order valence-electron chi connectivity index (χ3n) is 6.35. The zero-order valence-corrected chi connectivity index (χ0v) is 22.2. The number of nitrogens with zero attached hydrogens (tertiary/aromatic N) is 6. The number of sulfone groups is 1. The first-order valence-electron chi connectivity index (χ1n) is 12.4. The molecule has 0 radical (unpaired) electrons. The number of ether oxygens (including phenoxy) is 1. The van der Waals surface area contributed by atoms with Gasteiger partial charge in [-0.05, 0) is 48.9 Å². The third-order valence-corrected chi connectivity index (χ3v) is 7.85. The van der Waals surface area contributed by atoms with E-state index in [-0.39, 0.29) is 17.3 Å². The maximum Gasteiger partial charge on any atom is 0.501 e. The van der Waals surface area contributed by atoms with E-state index in [0.29, 0.717) is 12.2 Å². The summed E-state index contributed by atoms with van der Waals surface area (Å²) in [4.78, 5) is 10.2. The average molecular weight is 578 g/mol. The molecule has 0 saturated carbocycles. The van der Waals surface area contributed by atoms with Gasteiger partial charge in [0.25, 0.3) is 15.7 Å². The second-order valence-corrected chi connectivity index (χ2v) is 11.1. The van der Waals surface area contributed by atoms with Crippen molar-refractivity contribution in [2.24, 2.45) is 0 Å². The highest BCUT2D eigenvalue weighted by atomic mass is 32.2. The second-order valence-electron chi connectivity index (χ2n) is 9.16. The standard InChI is InChI=1S/C25H26F3N7O4S/c1-17-14-21(24-31-23(33-39-24)19-3-5-20(6-4-19)40(36,37)25(26,27)28)32-35(17)16-18-2-7-22(30-15-18)29-8-9-34-10-12-38-13-11-34/h2-7,14-15H,8-13,16H2,1H3,(H,29,30). The maximum atomic E-state index is 12.8. The first kappa shape index (κ1) is 27.7. The summed E-state index contributed by atoms with van der Waals surface area (Å²) in [6, 6.07) is 9.74. The van der Waals surface area contributed by atoms with Crippen LogP contribution in [0.4, 0.5) is 19.0 Å². The fourth-order valence-electron chi connectivity index (χ4n) is 4.10. The van der Waals surface area contributed by atoms with Gasteiger partial charge in [-0.2, -0.15) is 23.3 Å². The van der Waals surface area contributed by atoms with Gasteiger partial charge in [-0.1, -0.05) is 11.2 Å². The Morgan fingerprint density at radius 2 is 1.82 bits per heavy atom. The van der Waals surface area contributed by atoms with Gasteiger partial charge in [-0.25, -0.2) is 13.4 Å². The number of halogens is 3. The van der Waals surface area contributed by atoms with Crippen LogP contribution in [0.15, 0.2) is 58.1 Å². The van der Waals surface area contributed by atoms with E-state index < -0.39 is 20.2 Å². The number of benzene rings is 1. The van der Waals surface area contributed by atoms with Crippen LogP contribution in [0.2, 0.25) is 0 Å². The Morgan fingerprint density at radius 3 is 2.50 bits per heavy atom. The van der Waals surface area contributed by atoms with Gasteiger partial charge in [0.1, 0.15) is 5.82 Å². The Hall–Kier alpha value is -3.82. The van der Waals surface area contributed by atoms with Gasteiger partial charge in [0.05, 0.1) is 24.7 Å². The first-order valence-corrected chi connectivity index (χ1v) is 13.9. The summed E-state index contributed by atoms with van der Waals surface area (Å²) < 4.78 is 73.9. The van der Waals surface area contributed by atoms with Crippen molar-refractivity contribution in [1.82, 2.24) is 29.8 Å². The van der Waals surface area contributed by atoms with E-state index in [0.717, 1.165) is 68.6 Å². The number of hydrogen-bond acceptors (Lipinski definition) is 10. The molecule has 11 nitrogen and oxygen atoms in total. The van der Waals surface area contributed by atoms with Crippen LogP contribution in [0.5, 0.6) is 0 Å². The molecule has 0 spiro atoms. The molecule has 1 saturated heterocycles. The van der Waals surface area contributed by atoms with Crippen molar-refractivity contribution in [2.45, 2.75) is 23.9 Å². The minimum atomic E-state index is -5.44. The molecule has 15 heteroatoms. The van der Waals surface area contributed by atoms with E-state index in [2.05, 4.69) is 30.4 Å². The molecule has 3 aromatic heterocycles. The summed E-state index contributed by atoms with van der Waals surface area (Å²) in [5.41, 5.74) is -2.90. The Labute approximate surface area is 227 Å². The molecule has 1 aliphatic rings. The number of hydrogen-bond donors (Lipinski definition) is 1. The van der Waals surface area contributed by atoms with Gasteiger partial charge in [0.15, 0.2) is 5.69 Å². The van der Waals surface area contributed by atoms with Crippen LogP contribution in [0.3, 0.4) is 0 Å². The fourth-order valence-corrected chi connectivity index (χ4v) is 4.86. The second kappa shape index (κ2) is 11.3. The van der Waals surface area contributed by atoms with Gasteiger partial charge in [-0.3, -0.25) is 9.58 Å². The van der Waals surface area contributed by atoms with Crippen molar-refractivity contribution in [3.8, 4) is 23.0 Å². The van der Waals surface area contributed by atoms with E-state index in [1.54, 1.807) is 16.9 Å². The van der Waals surface area contributed by atoms with Gasteiger partial charge in [0, 0.05) is 43.6 Å². The molecule has 1 N–H and O–H groups in total. The summed E-state index contributed by atoms with van der Waals surface area (Å²) in [6.45, 7) is 7.47.